The summed E-state index contributed by atoms with van der Waals surface area (Å²) in [5.41, 5.74) is 7.54. The molecule has 2 N–H and O–H groups in total. The number of rotatable bonds is 4. The monoisotopic (exact) mass is 264 g/mol. The molecule has 1 aliphatic rings. The summed E-state index contributed by atoms with van der Waals surface area (Å²) in [6.07, 6.45) is 3.06. The van der Waals surface area contributed by atoms with Gasteiger partial charge in [-0.25, -0.2) is 0 Å². The van der Waals surface area contributed by atoms with E-state index in [-0.39, 0.29) is 5.54 Å². The first-order chi connectivity index (χ1) is 9.06. The van der Waals surface area contributed by atoms with Gasteiger partial charge < -0.3 is 20.1 Å². The van der Waals surface area contributed by atoms with Crippen LogP contribution in [0.5, 0.6) is 11.5 Å². The van der Waals surface area contributed by atoms with Crippen LogP contribution in [-0.2, 0) is 6.42 Å². The van der Waals surface area contributed by atoms with Crippen molar-refractivity contribution < 1.29 is 9.47 Å². The highest BCUT2D eigenvalue weighted by atomic mass is 16.5. The Morgan fingerprint density at radius 3 is 2.74 bits per heavy atom. The lowest BCUT2D eigenvalue weighted by atomic mass is 9.84. The number of methoxy groups -OCH3 is 2. The number of nitrogens with zero attached hydrogens (tertiary/aromatic N) is 1. The first-order valence-corrected chi connectivity index (χ1v) is 6.75. The number of nitrogens with two attached hydrogens (primary N) is 1. The van der Waals surface area contributed by atoms with Crippen LogP contribution in [0.25, 0.3) is 0 Å². The zero-order chi connectivity index (χ0) is 13.9. The molecule has 4 heteroatoms. The van der Waals surface area contributed by atoms with E-state index < -0.39 is 0 Å². The molecule has 1 fully saturated rings. The molecule has 1 saturated heterocycles. The van der Waals surface area contributed by atoms with Crippen LogP contribution < -0.4 is 15.2 Å². The molecule has 0 bridgehead atoms. The van der Waals surface area contributed by atoms with Gasteiger partial charge in [0.05, 0.1) is 14.2 Å². The minimum Gasteiger partial charge on any atom is -0.497 e. The standard InChI is InChI=1S/C15H24N2O2/c1-17-8-4-7-15(16,11-17)10-12-5-6-13(18-2)9-14(12)19-3/h5-6,9H,4,7-8,10-11,16H2,1-3H3. The van der Waals surface area contributed by atoms with Crippen molar-refractivity contribution in [2.75, 3.05) is 34.4 Å². The van der Waals surface area contributed by atoms with E-state index in [1.807, 2.05) is 12.1 Å². The van der Waals surface area contributed by atoms with Crippen molar-refractivity contribution in [1.29, 1.82) is 0 Å². The highest BCUT2D eigenvalue weighted by Gasteiger charge is 2.31. The Labute approximate surface area is 115 Å². The fourth-order valence-electron chi connectivity index (χ4n) is 2.92. The third kappa shape index (κ3) is 3.39. The average molecular weight is 264 g/mol. The van der Waals surface area contributed by atoms with E-state index in [9.17, 15) is 0 Å². The molecule has 0 aromatic heterocycles. The number of hydrogen-bond acceptors (Lipinski definition) is 4. The lowest BCUT2D eigenvalue weighted by Gasteiger charge is -2.39. The summed E-state index contributed by atoms with van der Waals surface area (Å²) in [5.74, 6) is 1.67. The number of hydrogen-bond donors (Lipinski definition) is 1. The molecule has 106 valence electrons. The van der Waals surface area contributed by atoms with Crippen LogP contribution in [-0.4, -0.2) is 44.8 Å². The second kappa shape index (κ2) is 5.80. The number of likely N-dealkylation sites (tertiary alicyclic amines) is 1. The van der Waals surface area contributed by atoms with Crippen LogP contribution in [0.4, 0.5) is 0 Å². The molecule has 0 aliphatic carbocycles. The van der Waals surface area contributed by atoms with Crippen LogP contribution in [0.15, 0.2) is 18.2 Å². The van der Waals surface area contributed by atoms with Crippen molar-refractivity contribution in [2.24, 2.45) is 5.73 Å². The van der Waals surface area contributed by atoms with Gasteiger partial charge in [-0.3, -0.25) is 0 Å². The van der Waals surface area contributed by atoms with E-state index in [2.05, 4.69) is 18.0 Å². The van der Waals surface area contributed by atoms with Crippen molar-refractivity contribution in [3.8, 4) is 11.5 Å². The van der Waals surface area contributed by atoms with Gasteiger partial charge in [0.15, 0.2) is 0 Å². The van der Waals surface area contributed by atoms with Crippen LogP contribution in [0.3, 0.4) is 0 Å². The Balaban J connectivity index is 2.17. The first-order valence-electron chi connectivity index (χ1n) is 6.75. The van der Waals surface area contributed by atoms with Crippen molar-refractivity contribution in [1.82, 2.24) is 4.90 Å². The molecule has 2 rings (SSSR count). The van der Waals surface area contributed by atoms with Crippen LogP contribution in [0.1, 0.15) is 18.4 Å². The molecule has 0 saturated carbocycles. The van der Waals surface area contributed by atoms with Gasteiger partial charge in [-0.15, -0.1) is 0 Å². The van der Waals surface area contributed by atoms with Gasteiger partial charge in [-0.05, 0) is 44.5 Å². The minimum atomic E-state index is -0.158. The zero-order valence-electron chi connectivity index (χ0n) is 12.1. The molecule has 4 nitrogen and oxygen atoms in total. The van der Waals surface area contributed by atoms with Crippen molar-refractivity contribution >= 4 is 0 Å². The fraction of sp³-hybridized carbons (Fsp3) is 0.600. The highest BCUT2D eigenvalue weighted by molar-refractivity contribution is 5.41. The summed E-state index contributed by atoms with van der Waals surface area (Å²) in [6, 6.07) is 5.94. The van der Waals surface area contributed by atoms with Gasteiger partial charge in [-0.1, -0.05) is 6.07 Å². The smallest absolute Gasteiger partial charge is 0.125 e. The van der Waals surface area contributed by atoms with E-state index in [0.717, 1.165) is 49.4 Å². The van der Waals surface area contributed by atoms with E-state index in [1.54, 1.807) is 14.2 Å². The third-order valence-corrected chi connectivity index (χ3v) is 3.84. The van der Waals surface area contributed by atoms with E-state index in [4.69, 9.17) is 15.2 Å². The second-order valence-electron chi connectivity index (χ2n) is 5.56. The topological polar surface area (TPSA) is 47.7 Å². The summed E-state index contributed by atoms with van der Waals surface area (Å²) in [4.78, 5) is 2.31. The number of likely N-dealkylation sites (N-methyl/N-ethyl adjacent to an activating group) is 1. The molecule has 1 aromatic carbocycles. The normalized spacial score (nSPS) is 24.2. The Bertz CT molecular complexity index is 436. The zero-order valence-corrected chi connectivity index (χ0v) is 12.1. The Hall–Kier alpha value is -1.26. The first kappa shape index (κ1) is 14.2. The summed E-state index contributed by atoms with van der Waals surface area (Å²) < 4.78 is 10.7. The second-order valence-corrected chi connectivity index (χ2v) is 5.56. The Kier molecular flexibility index (Phi) is 4.32. The largest absolute Gasteiger partial charge is 0.497 e. The van der Waals surface area contributed by atoms with E-state index in [0.29, 0.717) is 0 Å². The summed E-state index contributed by atoms with van der Waals surface area (Å²) in [6.45, 7) is 2.07. The molecule has 1 aliphatic heterocycles. The van der Waals surface area contributed by atoms with Gasteiger partial charge in [-0.2, -0.15) is 0 Å². The van der Waals surface area contributed by atoms with Crippen molar-refractivity contribution in [3.05, 3.63) is 23.8 Å². The van der Waals surface area contributed by atoms with E-state index >= 15 is 0 Å². The molecular weight excluding hydrogens is 240 g/mol. The molecule has 1 unspecified atom stereocenters. The third-order valence-electron chi connectivity index (χ3n) is 3.84. The quantitative estimate of drug-likeness (QED) is 0.898. The molecule has 1 heterocycles. The van der Waals surface area contributed by atoms with Crippen molar-refractivity contribution in [3.63, 3.8) is 0 Å². The SMILES string of the molecule is COc1ccc(CC2(N)CCCN(C)C2)c(OC)c1. The molecule has 1 atom stereocenters. The van der Waals surface area contributed by atoms with Gasteiger partial charge in [0.2, 0.25) is 0 Å². The Morgan fingerprint density at radius 1 is 1.32 bits per heavy atom. The number of ether oxygens (including phenoxy) is 2. The lowest BCUT2D eigenvalue weighted by Crippen LogP contribution is -2.54. The molecular formula is C15H24N2O2. The molecule has 0 amide bonds. The molecule has 19 heavy (non-hydrogen) atoms. The van der Waals surface area contributed by atoms with Crippen LogP contribution in [0, 0.1) is 0 Å². The van der Waals surface area contributed by atoms with Crippen LogP contribution in [0.2, 0.25) is 0 Å². The number of piperidine rings is 1. The van der Waals surface area contributed by atoms with Gasteiger partial charge in [0.25, 0.3) is 0 Å². The van der Waals surface area contributed by atoms with E-state index in [1.165, 1.54) is 0 Å². The van der Waals surface area contributed by atoms with Gasteiger partial charge >= 0.3 is 0 Å². The predicted octanol–water partition coefficient (Wildman–Crippen LogP) is 1.67. The summed E-state index contributed by atoms with van der Waals surface area (Å²) in [7, 11) is 5.48. The minimum absolute atomic E-state index is 0.158. The van der Waals surface area contributed by atoms with Gasteiger partial charge in [0, 0.05) is 18.2 Å². The van der Waals surface area contributed by atoms with Gasteiger partial charge in [0.1, 0.15) is 11.5 Å². The number of benzene rings is 1. The summed E-state index contributed by atoms with van der Waals surface area (Å²) in [5, 5.41) is 0. The summed E-state index contributed by atoms with van der Waals surface area (Å²) >= 11 is 0. The molecule has 0 spiro atoms. The fourth-order valence-corrected chi connectivity index (χ4v) is 2.92. The molecule has 1 aromatic rings. The lowest BCUT2D eigenvalue weighted by molar-refractivity contribution is 0.177. The highest BCUT2D eigenvalue weighted by Crippen LogP contribution is 2.30. The van der Waals surface area contributed by atoms with Crippen LogP contribution >= 0.6 is 0 Å². The average Bonchev–Trinajstić information content (AvgIpc) is 2.38. The predicted molar refractivity (Wildman–Crippen MR) is 76.9 cm³/mol. The maximum Gasteiger partial charge on any atom is 0.125 e. The molecule has 0 radical (unpaired) electrons. The Morgan fingerprint density at radius 2 is 2.11 bits per heavy atom. The maximum absolute atomic E-state index is 6.55. The maximum atomic E-state index is 6.55. The van der Waals surface area contributed by atoms with Crippen molar-refractivity contribution in [2.45, 2.75) is 24.8 Å².